The Hall–Kier alpha value is -2.60. The number of hydrogen-bond donors (Lipinski definition) is 1. The van der Waals surface area contributed by atoms with E-state index in [1.54, 1.807) is 36.4 Å². The Morgan fingerprint density at radius 2 is 2.00 bits per heavy atom. The zero-order chi connectivity index (χ0) is 16.7. The quantitative estimate of drug-likeness (QED) is 0.647. The number of rotatable bonds is 6. The number of amides is 1. The molecule has 2 aromatic rings. The van der Waals surface area contributed by atoms with Crippen LogP contribution < -0.4 is 10.1 Å². The molecule has 6 nitrogen and oxygen atoms in total. The minimum Gasteiger partial charge on any atom is -0.496 e. The number of ether oxygens (including phenoxy) is 2. The predicted molar refractivity (Wildman–Crippen MR) is 84.4 cm³/mol. The lowest BCUT2D eigenvalue weighted by Crippen LogP contribution is -2.30. The Morgan fingerprint density at radius 3 is 2.70 bits per heavy atom. The van der Waals surface area contributed by atoms with Crippen molar-refractivity contribution in [3.63, 3.8) is 0 Å². The number of carbonyl (C=O) groups is 2. The summed E-state index contributed by atoms with van der Waals surface area (Å²) in [6.07, 6.45) is 1.52. The van der Waals surface area contributed by atoms with Gasteiger partial charge in [-0.2, -0.15) is 0 Å². The Morgan fingerprint density at radius 1 is 1.22 bits per heavy atom. The zero-order valence-electron chi connectivity index (χ0n) is 12.4. The molecule has 7 heteroatoms. The Bertz CT molecular complexity index is 689. The van der Waals surface area contributed by atoms with Crippen LogP contribution in [0.1, 0.15) is 15.9 Å². The van der Waals surface area contributed by atoms with Crippen LogP contribution in [0.5, 0.6) is 5.75 Å². The van der Waals surface area contributed by atoms with Crippen LogP contribution in [0.25, 0.3) is 0 Å². The van der Waals surface area contributed by atoms with Crippen molar-refractivity contribution >= 4 is 23.5 Å². The van der Waals surface area contributed by atoms with E-state index in [0.29, 0.717) is 22.0 Å². The maximum Gasteiger partial charge on any atom is 0.325 e. The number of halogens is 1. The second-order valence-electron chi connectivity index (χ2n) is 4.53. The largest absolute Gasteiger partial charge is 0.496 e. The summed E-state index contributed by atoms with van der Waals surface area (Å²) in [6.45, 7) is -0.175. The monoisotopic (exact) mass is 334 g/mol. The molecule has 0 unspecified atom stereocenters. The molecule has 0 aliphatic rings. The highest BCUT2D eigenvalue weighted by atomic mass is 35.5. The number of hydrogen-bond acceptors (Lipinski definition) is 5. The summed E-state index contributed by atoms with van der Waals surface area (Å²) in [5.74, 6) is -0.527. The third kappa shape index (κ3) is 4.96. The summed E-state index contributed by atoms with van der Waals surface area (Å²) < 4.78 is 10.1. The average molecular weight is 335 g/mol. The topological polar surface area (TPSA) is 77.5 Å². The van der Waals surface area contributed by atoms with Gasteiger partial charge in [0.25, 0.3) is 5.91 Å². The molecular formula is C16H15ClN2O4. The molecule has 23 heavy (non-hydrogen) atoms. The van der Waals surface area contributed by atoms with Gasteiger partial charge in [-0.05, 0) is 18.2 Å². The Kier molecular flexibility index (Phi) is 5.94. The molecule has 0 saturated carbocycles. The van der Waals surface area contributed by atoms with Crippen LogP contribution >= 0.6 is 11.6 Å². The van der Waals surface area contributed by atoms with Crippen LogP contribution in [0, 0.1) is 0 Å². The van der Waals surface area contributed by atoms with Gasteiger partial charge in [-0.15, -0.1) is 0 Å². The fourth-order valence-corrected chi connectivity index (χ4v) is 1.90. The van der Waals surface area contributed by atoms with Crippen molar-refractivity contribution in [1.82, 2.24) is 10.3 Å². The number of benzene rings is 1. The van der Waals surface area contributed by atoms with Crippen molar-refractivity contribution in [3.05, 3.63) is 58.9 Å². The van der Waals surface area contributed by atoms with E-state index in [4.69, 9.17) is 21.1 Å². The normalized spacial score (nSPS) is 10.0. The molecule has 1 N–H and O–H groups in total. The van der Waals surface area contributed by atoms with Crippen molar-refractivity contribution in [2.24, 2.45) is 0 Å². The standard InChI is InChI=1S/C16H15ClN2O4/c1-22-13-5-3-2-4-12(13)16(21)19-9-15(20)23-10-11-6-7-14(17)18-8-11/h2-8H,9-10H2,1H3,(H,19,21). The lowest BCUT2D eigenvalue weighted by atomic mass is 10.2. The molecule has 0 atom stereocenters. The predicted octanol–water partition coefficient (Wildman–Crippen LogP) is 2.22. The molecular weight excluding hydrogens is 320 g/mol. The minimum atomic E-state index is -0.553. The van der Waals surface area contributed by atoms with Crippen LogP contribution in [0.2, 0.25) is 5.15 Å². The summed E-state index contributed by atoms with van der Waals surface area (Å²) in [4.78, 5) is 27.6. The number of pyridine rings is 1. The number of nitrogens with one attached hydrogen (secondary N) is 1. The summed E-state index contributed by atoms with van der Waals surface area (Å²) in [6, 6.07) is 10.1. The van der Waals surface area contributed by atoms with Crippen LogP contribution in [0.3, 0.4) is 0 Å². The molecule has 1 aromatic heterocycles. The van der Waals surface area contributed by atoms with E-state index in [1.807, 2.05) is 0 Å². The van der Waals surface area contributed by atoms with E-state index in [0.717, 1.165) is 0 Å². The van der Waals surface area contributed by atoms with Crippen molar-refractivity contribution in [2.75, 3.05) is 13.7 Å². The smallest absolute Gasteiger partial charge is 0.325 e. The van der Waals surface area contributed by atoms with Gasteiger partial charge in [0.1, 0.15) is 24.1 Å². The number of carbonyl (C=O) groups excluding carboxylic acids is 2. The van der Waals surface area contributed by atoms with Crippen molar-refractivity contribution < 1.29 is 19.1 Å². The first-order chi connectivity index (χ1) is 11.1. The fourth-order valence-electron chi connectivity index (χ4n) is 1.79. The first kappa shape index (κ1) is 16.8. The molecule has 1 aromatic carbocycles. The maximum absolute atomic E-state index is 12.0. The van der Waals surface area contributed by atoms with Crippen LogP contribution in [-0.4, -0.2) is 30.5 Å². The van der Waals surface area contributed by atoms with Crippen molar-refractivity contribution in [2.45, 2.75) is 6.61 Å². The molecule has 0 saturated heterocycles. The summed E-state index contributed by atoms with van der Waals surface area (Å²) >= 11 is 5.67. The van der Waals surface area contributed by atoms with Crippen molar-refractivity contribution in [3.8, 4) is 5.75 Å². The van der Waals surface area contributed by atoms with Gasteiger partial charge in [-0.3, -0.25) is 9.59 Å². The molecule has 0 radical (unpaired) electrons. The molecule has 0 spiro atoms. The highest BCUT2D eigenvalue weighted by Gasteiger charge is 2.13. The average Bonchev–Trinajstić information content (AvgIpc) is 2.59. The number of aromatic nitrogens is 1. The second-order valence-corrected chi connectivity index (χ2v) is 4.92. The van der Waals surface area contributed by atoms with Gasteiger partial charge in [0.05, 0.1) is 12.7 Å². The van der Waals surface area contributed by atoms with E-state index in [2.05, 4.69) is 10.3 Å². The molecule has 0 bridgehead atoms. The van der Waals surface area contributed by atoms with Gasteiger partial charge in [0.15, 0.2) is 0 Å². The molecule has 2 rings (SSSR count). The lowest BCUT2D eigenvalue weighted by molar-refractivity contribution is -0.143. The number of methoxy groups -OCH3 is 1. The van der Waals surface area contributed by atoms with Gasteiger partial charge in [-0.1, -0.05) is 29.8 Å². The SMILES string of the molecule is COc1ccccc1C(=O)NCC(=O)OCc1ccc(Cl)nc1. The Balaban J connectivity index is 1.82. The van der Waals surface area contributed by atoms with E-state index in [9.17, 15) is 9.59 Å². The Labute approximate surface area is 138 Å². The molecule has 120 valence electrons. The first-order valence-electron chi connectivity index (χ1n) is 6.77. The molecule has 0 aliphatic carbocycles. The maximum atomic E-state index is 12.0. The van der Waals surface area contributed by atoms with Gasteiger partial charge in [0, 0.05) is 11.8 Å². The van der Waals surface area contributed by atoms with Gasteiger partial charge in [-0.25, -0.2) is 4.98 Å². The van der Waals surface area contributed by atoms with Gasteiger partial charge in [0.2, 0.25) is 0 Å². The molecule has 0 fully saturated rings. The van der Waals surface area contributed by atoms with Crippen molar-refractivity contribution in [1.29, 1.82) is 0 Å². The highest BCUT2D eigenvalue weighted by Crippen LogP contribution is 2.16. The van der Waals surface area contributed by atoms with Crippen LogP contribution in [0.15, 0.2) is 42.6 Å². The van der Waals surface area contributed by atoms with Crippen LogP contribution in [-0.2, 0) is 16.1 Å². The summed E-state index contributed by atoms with van der Waals surface area (Å²) in [5, 5.41) is 2.85. The van der Waals surface area contributed by atoms with Gasteiger partial charge >= 0.3 is 5.97 Å². The third-order valence-corrected chi connectivity index (χ3v) is 3.16. The van der Waals surface area contributed by atoms with E-state index < -0.39 is 11.9 Å². The summed E-state index contributed by atoms with van der Waals surface area (Å²) in [5.41, 5.74) is 1.06. The van der Waals surface area contributed by atoms with Crippen LogP contribution in [0.4, 0.5) is 0 Å². The second kappa shape index (κ2) is 8.14. The number of esters is 1. The zero-order valence-corrected chi connectivity index (χ0v) is 13.2. The minimum absolute atomic E-state index is 0.0630. The number of para-hydroxylation sites is 1. The van der Waals surface area contributed by atoms with E-state index in [1.165, 1.54) is 13.3 Å². The molecule has 1 heterocycles. The highest BCUT2D eigenvalue weighted by molar-refractivity contribution is 6.29. The van der Waals surface area contributed by atoms with Gasteiger partial charge < -0.3 is 14.8 Å². The lowest BCUT2D eigenvalue weighted by Gasteiger charge is -2.09. The fraction of sp³-hybridized carbons (Fsp3) is 0.188. The van der Waals surface area contributed by atoms with E-state index in [-0.39, 0.29) is 13.2 Å². The van der Waals surface area contributed by atoms with E-state index >= 15 is 0 Å². The molecule has 0 aliphatic heterocycles. The number of nitrogens with zero attached hydrogens (tertiary/aromatic N) is 1. The first-order valence-corrected chi connectivity index (χ1v) is 7.15. The molecule has 1 amide bonds. The summed E-state index contributed by atoms with van der Waals surface area (Å²) in [7, 11) is 1.47. The third-order valence-electron chi connectivity index (χ3n) is 2.93.